The first kappa shape index (κ1) is 21.6. The molecular formula is C23H16Br3NO2. The van der Waals surface area contributed by atoms with E-state index in [1.54, 1.807) is 7.11 Å². The highest BCUT2D eigenvalue weighted by Gasteiger charge is 2.11. The number of rotatable bonds is 6. The highest BCUT2D eigenvalue weighted by atomic mass is 79.9. The van der Waals surface area contributed by atoms with Gasteiger partial charge in [-0.3, -0.25) is 0 Å². The van der Waals surface area contributed by atoms with Crippen LogP contribution in [-0.4, -0.2) is 7.11 Å². The molecule has 0 aliphatic heterocycles. The van der Waals surface area contributed by atoms with Gasteiger partial charge in [-0.15, -0.1) is 0 Å². The second-order valence-electron chi connectivity index (χ2n) is 6.12. The van der Waals surface area contributed by atoms with Crippen molar-refractivity contribution in [3.63, 3.8) is 0 Å². The molecule has 0 N–H and O–H groups in total. The fourth-order valence-electron chi connectivity index (χ4n) is 2.64. The van der Waals surface area contributed by atoms with E-state index in [2.05, 4.69) is 53.9 Å². The fourth-order valence-corrected chi connectivity index (χ4v) is 3.61. The fraction of sp³-hybridized carbons (Fsp3) is 0.0870. The van der Waals surface area contributed by atoms with E-state index in [9.17, 15) is 5.26 Å². The van der Waals surface area contributed by atoms with E-state index in [0.29, 0.717) is 23.7 Å². The summed E-state index contributed by atoms with van der Waals surface area (Å²) >= 11 is 10.4. The van der Waals surface area contributed by atoms with Gasteiger partial charge in [0, 0.05) is 13.4 Å². The summed E-state index contributed by atoms with van der Waals surface area (Å²) in [7, 11) is 1.60. The summed E-state index contributed by atoms with van der Waals surface area (Å²) in [5, 5.41) is 9.61. The van der Waals surface area contributed by atoms with Gasteiger partial charge in [0.15, 0.2) is 11.5 Å². The van der Waals surface area contributed by atoms with Crippen molar-refractivity contribution < 1.29 is 9.47 Å². The lowest BCUT2D eigenvalue weighted by atomic mass is 10.0. The number of nitrogens with zero attached hydrogens (tertiary/aromatic N) is 1. The van der Waals surface area contributed by atoms with Gasteiger partial charge in [0.25, 0.3) is 0 Å². The summed E-state index contributed by atoms with van der Waals surface area (Å²) in [6, 6.07) is 21.6. The number of hydrogen-bond donors (Lipinski definition) is 0. The molecule has 146 valence electrons. The Hall–Kier alpha value is -2.07. The molecule has 0 radical (unpaired) electrons. The topological polar surface area (TPSA) is 42.2 Å². The van der Waals surface area contributed by atoms with Gasteiger partial charge in [-0.1, -0.05) is 72.1 Å². The molecule has 0 aliphatic carbocycles. The average molecular weight is 578 g/mol. The van der Waals surface area contributed by atoms with Gasteiger partial charge in [0.2, 0.25) is 0 Å². The molecule has 6 heteroatoms. The Morgan fingerprint density at radius 1 is 0.931 bits per heavy atom. The molecule has 0 amide bonds. The summed E-state index contributed by atoms with van der Waals surface area (Å²) in [6.45, 7) is 0.424. The van der Waals surface area contributed by atoms with Crippen molar-refractivity contribution in [2.45, 2.75) is 6.61 Å². The van der Waals surface area contributed by atoms with Crippen LogP contribution in [-0.2, 0) is 6.61 Å². The van der Waals surface area contributed by atoms with Crippen LogP contribution in [0.3, 0.4) is 0 Å². The third kappa shape index (κ3) is 5.72. The van der Waals surface area contributed by atoms with Crippen LogP contribution < -0.4 is 9.47 Å². The number of allylic oxidation sites excluding steroid dienone is 1. The average Bonchev–Trinajstić information content (AvgIpc) is 2.73. The van der Waals surface area contributed by atoms with Crippen molar-refractivity contribution in [3.8, 4) is 17.6 Å². The Morgan fingerprint density at radius 3 is 2.14 bits per heavy atom. The molecule has 3 nitrogen and oxygen atoms in total. The highest BCUT2D eigenvalue weighted by Crippen LogP contribution is 2.36. The van der Waals surface area contributed by atoms with Crippen molar-refractivity contribution in [2.24, 2.45) is 0 Å². The number of ether oxygens (including phenoxy) is 2. The van der Waals surface area contributed by atoms with Crippen molar-refractivity contribution >= 4 is 59.4 Å². The molecule has 0 bridgehead atoms. The third-order valence-electron chi connectivity index (χ3n) is 4.17. The molecule has 3 aromatic rings. The van der Waals surface area contributed by atoms with Crippen LogP contribution >= 0.6 is 47.8 Å². The number of benzene rings is 3. The van der Waals surface area contributed by atoms with E-state index in [-0.39, 0.29) is 0 Å². The van der Waals surface area contributed by atoms with Crippen LogP contribution in [0.1, 0.15) is 16.7 Å². The van der Waals surface area contributed by atoms with E-state index in [1.807, 2.05) is 66.7 Å². The van der Waals surface area contributed by atoms with Crippen LogP contribution in [0.15, 0.2) is 74.1 Å². The second kappa shape index (κ2) is 10.1. The maximum absolute atomic E-state index is 9.61. The molecule has 0 aromatic heterocycles. The summed E-state index contributed by atoms with van der Waals surface area (Å²) in [5.74, 6) is 1.23. The zero-order valence-electron chi connectivity index (χ0n) is 15.5. The predicted octanol–water partition coefficient (Wildman–Crippen LogP) is 7.63. The molecule has 3 rings (SSSR count). The summed E-state index contributed by atoms with van der Waals surface area (Å²) < 4.78 is 14.3. The quantitative estimate of drug-likeness (QED) is 0.223. The molecule has 0 saturated heterocycles. The van der Waals surface area contributed by atoms with Crippen molar-refractivity contribution in [1.82, 2.24) is 0 Å². The van der Waals surface area contributed by atoms with E-state index < -0.39 is 0 Å². The first-order valence-corrected chi connectivity index (χ1v) is 11.0. The summed E-state index contributed by atoms with van der Waals surface area (Å²) in [5.41, 5.74) is 3.29. The first-order valence-electron chi connectivity index (χ1n) is 8.62. The Morgan fingerprint density at radius 2 is 1.55 bits per heavy atom. The molecule has 0 heterocycles. The van der Waals surface area contributed by atoms with Crippen molar-refractivity contribution in [1.29, 1.82) is 5.26 Å². The van der Waals surface area contributed by atoms with E-state index >= 15 is 0 Å². The maximum Gasteiger partial charge on any atom is 0.162 e. The van der Waals surface area contributed by atoms with Gasteiger partial charge in [-0.25, -0.2) is 0 Å². The molecule has 0 fully saturated rings. The smallest absolute Gasteiger partial charge is 0.162 e. The number of hydrogen-bond acceptors (Lipinski definition) is 3. The maximum atomic E-state index is 9.61. The zero-order valence-corrected chi connectivity index (χ0v) is 20.2. The third-order valence-corrected chi connectivity index (χ3v) is 5.91. The van der Waals surface area contributed by atoms with Crippen LogP contribution in [0.2, 0.25) is 0 Å². The van der Waals surface area contributed by atoms with E-state index in [4.69, 9.17) is 9.47 Å². The molecule has 0 aliphatic rings. The summed E-state index contributed by atoms with van der Waals surface area (Å²) in [6.07, 6.45) is 1.83. The van der Waals surface area contributed by atoms with Crippen LogP contribution in [0.5, 0.6) is 11.5 Å². The lowest BCUT2D eigenvalue weighted by Crippen LogP contribution is -1.98. The van der Waals surface area contributed by atoms with Gasteiger partial charge in [0.05, 0.1) is 18.8 Å². The molecule has 3 aromatic carbocycles. The standard InChI is InChI=1S/C23H16Br3NO2/c1-28-22-11-17(10-18(13-27)16-4-8-20(25)9-5-16)21(26)12-23(22)29-14-15-2-6-19(24)7-3-15/h2-12H,14H2,1H3. The van der Waals surface area contributed by atoms with Gasteiger partial charge in [0.1, 0.15) is 6.61 Å². The largest absolute Gasteiger partial charge is 0.493 e. The van der Waals surface area contributed by atoms with Crippen LogP contribution in [0.25, 0.3) is 11.6 Å². The number of halogens is 3. The lowest BCUT2D eigenvalue weighted by Gasteiger charge is -2.13. The molecule has 0 saturated carbocycles. The Bertz CT molecular complexity index is 1070. The molecule has 0 spiro atoms. The van der Waals surface area contributed by atoms with Crippen molar-refractivity contribution in [3.05, 3.63) is 90.8 Å². The van der Waals surface area contributed by atoms with Crippen LogP contribution in [0.4, 0.5) is 0 Å². The molecule has 29 heavy (non-hydrogen) atoms. The Balaban J connectivity index is 1.88. The normalized spacial score (nSPS) is 11.1. The van der Waals surface area contributed by atoms with Gasteiger partial charge < -0.3 is 9.47 Å². The highest BCUT2D eigenvalue weighted by molar-refractivity contribution is 9.11. The van der Waals surface area contributed by atoms with Gasteiger partial charge >= 0.3 is 0 Å². The number of nitriles is 1. The monoisotopic (exact) mass is 575 g/mol. The minimum absolute atomic E-state index is 0.424. The van der Waals surface area contributed by atoms with Gasteiger partial charge in [-0.05, 0) is 59.2 Å². The zero-order chi connectivity index (χ0) is 20.8. The van der Waals surface area contributed by atoms with Gasteiger partial charge in [-0.2, -0.15) is 5.26 Å². The second-order valence-corrected chi connectivity index (χ2v) is 8.80. The number of methoxy groups -OCH3 is 1. The minimum atomic E-state index is 0.424. The lowest BCUT2D eigenvalue weighted by molar-refractivity contribution is 0.284. The molecular weight excluding hydrogens is 562 g/mol. The van der Waals surface area contributed by atoms with E-state index in [0.717, 1.165) is 30.1 Å². The van der Waals surface area contributed by atoms with E-state index in [1.165, 1.54) is 0 Å². The predicted molar refractivity (Wildman–Crippen MR) is 127 cm³/mol. The van der Waals surface area contributed by atoms with Crippen molar-refractivity contribution in [2.75, 3.05) is 7.11 Å². The Labute approximate surface area is 195 Å². The SMILES string of the molecule is COc1cc(C=C(C#N)c2ccc(Br)cc2)c(Br)cc1OCc1ccc(Br)cc1. The molecule has 0 atom stereocenters. The molecule has 0 unspecified atom stereocenters. The minimum Gasteiger partial charge on any atom is -0.493 e. The Kier molecular flexibility index (Phi) is 7.54. The van der Waals surface area contributed by atoms with Crippen LogP contribution in [0, 0.1) is 11.3 Å². The first-order chi connectivity index (χ1) is 14.0. The summed E-state index contributed by atoms with van der Waals surface area (Å²) in [4.78, 5) is 0.